The summed E-state index contributed by atoms with van der Waals surface area (Å²) in [5.74, 6) is 0.334. The van der Waals surface area contributed by atoms with Gasteiger partial charge in [0, 0.05) is 23.0 Å². The van der Waals surface area contributed by atoms with Gasteiger partial charge in [0.2, 0.25) is 0 Å². The van der Waals surface area contributed by atoms with Crippen LogP contribution in [-0.2, 0) is 0 Å². The lowest BCUT2D eigenvalue weighted by atomic mass is 9.86. The van der Waals surface area contributed by atoms with Crippen LogP contribution in [0.3, 0.4) is 0 Å². The van der Waals surface area contributed by atoms with Crippen LogP contribution in [0.5, 0.6) is 0 Å². The number of anilines is 3. The molecular weight excluding hydrogens is 378 g/mol. The van der Waals surface area contributed by atoms with Crippen molar-refractivity contribution in [1.82, 2.24) is 0 Å². The third-order valence-corrected chi connectivity index (χ3v) is 5.94. The highest BCUT2D eigenvalue weighted by molar-refractivity contribution is 5.85. The van der Waals surface area contributed by atoms with Gasteiger partial charge >= 0.3 is 0 Å². The second kappa shape index (κ2) is 7.48. The Hall–Kier alpha value is -4.34. The molecule has 31 heavy (non-hydrogen) atoms. The number of nitriles is 2. The molecule has 0 saturated carbocycles. The minimum absolute atomic E-state index is 0.334. The van der Waals surface area contributed by atoms with Crippen molar-refractivity contribution in [2.24, 2.45) is 0 Å². The van der Waals surface area contributed by atoms with E-state index in [2.05, 4.69) is 96.8 Å². The number of fused-ring (bicyclic) bond motifs is 2. The van der Waals surface area contributed by atoms with Crippen molar-refractivity contribution in [1.29, 1.82) is 10.5 Å². The number of para-hydroxylation sites is 2. The van der Waals surface area contributed by atoms with Crippen LogP contribution in [0, 0.1) is 22.7 Å². The highest BCUT2D eigenvalue weighted by Crippen LogP contribution is 2.48. The van der Waals surface area contributed by atoms with E-state index in [0.29, 0.717) is 17.0 Å². The predicted molar refractivity (Wildman–Crippen MR) is 124 cm³/mol. The Labute approximate surface area is 182 Å². The van der Waals surface area contributed by atoms with Gasteiger partial charge in [-0.3, -0.25) is 0 Å². The molecule has 0 radical (unpaired) electrons. The highest BCUT2D eigenvalue weighted by atomic mass is 15.2. The lowest BCUT2D eigenvalue weighted by Gasteiger charge is -2.36. The maximum atomic E-state index is 9.28. The van der Waals surface area contributed by atoms with E-state index < -0.39 is 0 Å². The van der Waals surface area contributed by atoms with Crippen LogP contribution in [-0.4, -0.2) is 0 Å². The third-order valence-electron chi connectivity index (χ3n) is 5.94. The van der Waals surface area contributed by atoms with E-state index in [9.17, 15) is 10.5 Å². The summed E-state index contributed by atoms with van der Waals surface area (Å²) < 4.78 is 0. The molecule has 3 nitrogen and oxygen atoms in total. The molecule has 0 aliphatic carbocycles. The van der Waals surface area contributed by atoms with Crippen molar-refractivity contribution >= 4 is 17.1 Å². The van der Waals surface area contributed by atoms with E-state index in [-0.39, 0.29) is 0 Å². The van der Waals surface area contributed by atoms with Crippen molar-refractivity contribution in [3.8, 4) is 23.3 Å². The molecule has 0 bridgehead atoms. The van der Waals surface area contributed by atoms with Gasteiger partial charge in [-0.05, 0) is 64.7 Å². The molecule has 5 rings (SSSR count). The van der Waals surface area contributed by atoms with Crippen LogP contribution in [0.25, 0.3) is 11.1 Å². The Kier molecular flexibility index (Phi) is 4.51. The van der Waals surface area contributed by atoms with Crippen LogP contribution >= 0.6 is 0 Å². The summed E-state index contributed by atoms with van der Waals surface area (Å²) in [6.45, 7) is 2.26. The van der Waals surface area contributed by atoms with Gasteiger partial charge < -0.3 is 4.90 Å². The van der Waals surface area contributed by atoms with Crippen LogP contribution in [0.4, 0.5) is 17.1 Å². The summed E-state index contributed by atoms with van der Waals surface area (Å²) in [6, 6.07) is 35.0. The topological polar surface area (TPSA) is 50.8 Å². The van der Waals surface area contributed by atoms with Crippen molar-refractivity contribution in [2.75, 3.05) is 4.90 Å². The van der Waals surface area contributed by atoms with Crippen LogP contribution < -0.4 is 4.90 Å². The average molecular weight is 397 g/mol. The molecule has 1 aliphatic rings. The minimum atomic E-state index is 0.334. The van der Waals surface area contributed by atoms with Gasteiger partial charge in [-0.25, -0.2) is 0 Å². The molecule has 1 aliphatic heterocycles. The third kappa shape index (κ3) is 3.14. The Morgan fingerprint density at radius 1 is 0.645 bits per heavy atom. The summed E-state index contributed by atoms with van der Waals surface area (Å²) in [6.07, 6.45) is 0. The Morgan fingerprint density at radius 2 is 1.16 bits per heavy atom. The van der Waals surface area contributed by atoms with Crippen molar-refractivity contribution in [3.05, 3.63) is 113 Å². The van der Waals surface area contributed by atoms with E-state index in [1.54, 1.807) is 6.07 Å². The highest BCUT2D eigenvalue weighted by Gasteiger charge is 2.28. The number of hydrogen-bond donors (Lipinski definition) is 0. The quantitative estimate of drug-likeness (QED) is 0.365. The van der Waals surface area contributed by atoms with Gasteiger partial charge in [-0.15, -0.1) is 0 Å². The smallest absolute Gasteiger partial charge is 0.0992 e. The van der Waals surface area contributed by atoms with E-state index in [0.717, 1.165) is 16.8 Å². The number of hydrogen-bond acceptors (Lipinski definition) is 3. The van der Waals surface area contributed by atoms with Gasteiger partial charge in [-0.2, -0.15) is 10.5 Å². The fourth-order valence-corrected chi connectivity index (χ4v) is 4.42. The second-order valence-electron chi connectivity index (χ2n) is 7.74. The van der Waals surface area contributed by atoms with Crippen molar-refractivity contribution < 1.29 is 0 Å². The zero-order valence-electron chi connectivity index (χ0n) is 17.1. The summed E-state index contributed by atoms with van der Waals surface area (Å²) in [7, 11) is 0. The Bertz CT molecular complexity index is 1290. The molecular formula is C28H19N3. The molecule has 0 spiro atoms. The molecule has 4 aromatic rings. The summed E-state index contributed by atoms with van der Waals surface area (Å²) in [4.78, 5) is 2.31. The van der Waals surface area contributed by atoms with Crippen molar-refractivity contribution in [3.63, 3.8) is 0 Å². The monoisotopic (exact) mass is 397 g/mol. The standard InChI is InChI=1S/C28H19N3/c1-19-25-6-2-4-8-27(25)31(28-9-5-3-7-26(19)28)24-12-10-22(11-13-24)23-15-20(17-29)14-21(16-23)18-30/h2-16,19H,1H3. The maximum Gasteiger partial charge on any atom is 0.0992 e. The van der Waals surface area contributed by atoms with E-state index in [1.807, 2.05) is 12.1 Å². The van der Waals surface area contributed by atoms with Crippen molar-refractivity contribution in [2.45, 2.75) is 12.8 Å². The van der Waals surface area contributed by atoms with E-state index in [4.69, 9.17) is 0 Å². The lowest BCUT2D eigenvalue weighted by Crippen LogP contribution is -2.20. The van der Waals surface area contributed by atoms with Gasteiger partial charge in [0.25, 0.3) is 0 Å². The first kappa shape index (κ1) is 18.7. The van der Waals surface area contributed by atoms with Gasteiger partial charge in [0.1, 0.15) is 0 Å². The fourth-order valence-electron chi connectivity index (χ4n) is 4.42. The average Bonchev–Trinajstić information content (AvgIpc) is 2.84. The molecule has 0 amide bonds. The summed E-state index contributed by atoms with van der Waals surface area (Å²) >= 11 is 0. The first-order chi connectivity index (χ1) is 15.2. The zero-order chi connectivity index (χ0) is 21.4. The Balaban J connectivity index is 1.61. The molecule has 4 aromatic carbocycles. The zero-order valence-corrected chi connectivity index (χ0v) is 17.1. The van der Waals surface area contributed by atoms with Crippen LogP contribution in [0.15, 0.2) is 91.0 Å². The van der Waals surface area contributed by atoms with Gasteiger partial charge in [-0.1, -0.05) is 55.5 Å². The first-order valence-electron chi connectivity index (χ1n) is 10.2. The fraction of sp³-hybridized carbons (Fsp3) is 0.0714. The van der Waals surface area contributed by atoms with Gasteiger partial charge in [0.05, 0.1) is 23.3 Å². The largest absolute Gasteiger partial charge is 0.310 e. The molecule has 0 atom stereocenters. The summed E-state index contributed by atoms with van der Waals surface area (Å²) in [5.41, 5.74) is 8.92. The lowest BCUT2D eigenvalue weighted by molar-refractivity contribution is 0.892. The molecule has 146 valence electrons. The molecule has 0 N–H and O–H groups in total. The van der Waals surface area contributed by atoms with Gasteiger partial charge in [0.15, 0.2) is 0 Å². The molecule has 0 aromatic heterocycles. The second-order valence-corrected chi connectivity index (χ2v) is 7.74. The van der Waals surface area contributed by atoms with E-state index in [1.165, 1.54) is 22.5 Å². The Morgan fingerprint density at radius 3 is 1.68 bits per heavy atom. The molecule has 1 heterocycles. The van der Waals surface area contributed by atoms with Crippen LogP contribution in [0.1, 0.15) is 35.1 Å². The predicted octanol–water partition coefficient (Wildman–Crippen LogP) is 7.03. The normalized spacial score (nSPS) is 12.4. The van der Waals surface area contributed by atoms with Crippen LogP contribution in [0.2, 0.25) is 0 Å². The minimum Gasteiger partial charge on any atom is -0.310 e. The molecule has 0 unspecified atom stereocenters. The van der Waals surface area contributed by atoms with E-state index >= 15 is 0 Å². The molecule has 0 saturated heterocycles. The summed E-state index contributed by atoms with van der Waals surface area (Å²) in [5, 5.41) is 18.6. The maximum absolute atomic E-state index is 9.28. The number of nitrogens with zero attached hydrogens (tertiary/aromatic N) is 3. The molecule has 3 heteroatoms. The SMILES string of the molecule is CC1c2ccccc2N(c2ccc(-c3cc(C#N)cc(C#N)c3)cc2)c2ccccc21. The molecule has 0 fully saturated rings. The first-order valence-corrected chi connectivity index (χ1v) is 10.2. The number of rotatable bonds is 2. The number of benzene rings is 4.